The second-order valence-corrected chi connectivity index (χ2v) is 7.19. The number of amides is 2. The van der Waals surface area contributed by atoms with Gasteiger partial charge in [0.25, 0.3) is 11.8 Å². The summed E-state index contributed by atoms with van der Waals surface area (Å²) in [5.41, 5.74) is 7.50. The monoisotopic (exact) mass is 346 g/mol. The van der Waals surface area contributed by atoms with Gasteiger partial charge in [-0.15, -0.1) is 11.3 Å². The smallest absolute Gasteiger partial charge is 0.279 e. The summed E-state index contributed by atoms with van der Waals surface area (Å²) in [6, 6.07) is 7.49. The number of benzene rings is 1. The molecule has 2 rings (SSSR count). The molecular formula is C18H22N2O3S. The summed E-state index contributed by atoms with van der Waals surface area (Å²) in [4.78, 5) is 26.2. The molecule has 0 aliphatic heterocycles. The summed E-state index contributed by atoms with van der Waals surface area (Å²) in [7, 11) is 0. The molecule has 1 heterocycles. The highest BCUT2D eigenvalue weighted by Crippen LogP contribution is 2.22. The van der Waals surface area contributed by atoms with Gasteiger partial charge in [0.2, 0.25) is 0 Å². The second-order valence-electron chi connectivity index (χ2n) is 5.73. The molecule has 2 N–H and O–H groups in total. The number of hydrogen-bond donors (Lipinski definition) is 2. The molecule has 1 aromatic carbocycles. The molecule has 0 spiro atoms. The first-order chi connectivity index (χ1) is 11.3. The fraction of sp³-hybridized carbons (Fsp3) is 0.333. The Morgan fingerprint density at radius 2 is 1.83 bits per heavy atom. The predicted octanol–water partition coefficient (Wildman–Crippen LogP) is 3.21. The lowest BCUT2D eigenvalue weighted by Gasteiger charge is -2.17. The van der Waals surface area contributed by atoms with Gasteiger partial charge in [-0.3, -0.25) is 20.4 Å². The van der Waals surface area contributed by atoms with E-state index < -0.39 is 12.0 Å². The Hall–Kier alpha value is -2.34. The third kappa shape index (κ3) is 4.14. The minimum Gasteiger partial charge on any atom is -0.481 e. The molecule has 1 unspecified atom stereocenters. The molecule has 0 aliphatic rings. The molecule has 6 heteroatoms. The van der Waals surface area contributed by atoms with Crippen LogP contribution in [0.5, 0.6) is 5.75 Å². The van der Waals surface area contributed by atoms with E-state index in [1.807, 2.05) is 45.9 Å². The van der Waals surface area contributed by atoms with Crippen molar-refractivity contribution in [3.63, 3.8) is 0 Å². The Balaban J connectivity index is 1.93. The van der Waals surface area contributed by atoms with Crippen LogP contribution in [0, 0.1) is 27.7 Å². The minimum absolute atomic E-state index is 0.330. The van der Waals surface area contributed by atoms with E-state index in [9.17, 15) is 9.59 Å². The van der Waals surface area contributed by atoms with Crippen LogP contribution in [0.2, 0.25) is 0 Å². The minimum atomic E-state index is -0.726. The number of ether oxygens (including phenoxy) is 1. The maximum Gasteiger partial charge on any atom is 0.279 e. The highest BCUT2D eigenvalue weighted by molar-refractivity contribution is 7.12. The standard InChI is InChI=1S/C18H22N2O3S/c1-10-7-6-8-16(12(10)3)23-13(4)17(21)19-20-18(22)15-9-11(2)24-14(15)5/h6-9,13H,1-5H3,(H,19,21)(H,20,22). The highest BCUT2D eigenvalue weighted by Gasteiger charge is 2.18. The first-order valence-electron chi connectivity index (χ1n) is 7.69. The summed E-state index contributed by atoms with van der Waals surface area (Å²) in [5.74, 6) is -0.0775. The predicted molar refractivity (Wildman–Crippen MR) is 95.4 cm³/mol. The van der Waals surface area contributed by atoms with Crippen molar-refractivity contribution in [2.75, 3.05) is 0 Å². The normalized spacial score (nSPS) is 11.7. The summed E-state index contributed by atoms with van der Waals surface area (Å²) in [6.45, 7) is 9.38. The largest absolute Gasteiger partial charge is 0.481 e. The van der Waals surface area contributed by atoms with Crippen molar-refractivity contribution in [2.45, 2.75) is 40.7 Å². The Labute approximate surface area is 146 Å². The maximum absolute atomic E-state index is 12.1. The molecular weight excluding hydrogens is 324 g/mol. The Bertz CT molecular complexity index is 768. The van der Waals surface area contributed by atoms with Crippen molar-refractivity contribution in [3.05, 3.63) is 50.7 Å². The van der Waals surface area contributed by atoms with Crippen molar-refractivity contribution >= 4 is 23.2 Å². The summed E-state index contributed by atoms with van der Waals surface area (Å²) in [6.07, 6.45) is -0.726. The molecule has 24 heavy (non-hydrogen) atoms. The summed E-state index contributed by atoms with van der Waals surface area (Å²) in [5, 5.41) is 0. The van der Waals surface area contributed by atoms with Gasteiger partial charge in [0.1, 0.15) is 5.75 Å². The van der Waals surface area contributed by atoms with Crippen LogP contribution in [0.1, 0.15) is 38.2 Å². The molecule has 0 radical (unpaired) electrons. The van der Waals surface area contributed by atoms with E-state index in [1.54, 1.807) is 24.3 Å². The average molecular weight is 346 g/mol. The van der Waals surface area contributed by atoms with Gasteiger partial charge in [0.15, 0.2) is 6.10 Å². The van der Waals surface area contributed by atoms with Crippen molar-refractivity contribution in [2.24, 2.45) is 0 Å². The molecule has 0 fully saturated rings. The zero-order valence-electron chi connectivity index (χ0n) is 14.5. The van der Waals surface area contributed by atoms with Crippen molar-refractivity contribution < 1.29 is 14.3 Å². The molecule has 2 amide bonds. The van der Waals surface area contributed by atoms with Gasteiger partial charge in [-0.05, 0) is 57.9 Å². The summed E-state index contributed by atoms with van der Waals surface area (Å²) < 4.78 is 5.69. The molecule has 0 aliphatic carbocycles. The van der Waals surface area contributed by atoms with Crippen molar-refractivity contribution in [1.82, 2.24) is 10.9 Å². The van der Waals surface area contributed by atoms with Gasteiger partial charge in [-0.2, -0.15) is 0 Å². The van der Waals surface area contributed by atoms with Gasteiger partial charge in [-0.25, -0.2) is 0 Å². The Kier molecular flexibility index (Phi) is 5.62. The number of thiophene rings is 1. The lowest BCUT2D eigenvalue weighted by molar-refractivity contribution is -0.128. The van der Waals surface area contributed by atoms with E-state index in [1.165, 1.54) is 0 Å². The lowest BCUT2D eigenvalue weighted by atomic mass is 10.1. The molecule has 2 aromatic rings. The third-order valence-electron chi connectivity index (χ3n) is 3.81. The zero-order valence-corrected chi connectivity index (χ0v) is 15.3. The van der Waals surface area contributed by atoms with Crippen LogP contribution < -0.4 is 15.6 Å². The van der Waals surface area contributed by atoms with Gasteiger partial charge >= 0.3 is 0 Å². The van der Waals surface area contributed by atoms with Gasteiger partial charge in [-0.1, -0.05) is 12.1 Å². The number of aryl methyl sites for hydroxylation is 3. The first kappa shape index (κ1) is 18.0. The fourth-order valence-corrected chi connectivity index (χ4v) is 3.16. The summed E-state index contributed by atoms with van der Waals surface area (Å²) >= 11 is 1.54. The van der Waals surface area contributed by atoms with E-state index in [4.69, 9.17) is 4.74 Å². The molecule has 1 aromatic heterocycles. The molecule has 128 valence electrons. The number of carbonyl (C=O) groups is 2. The van der Waals surface area contributed by atoms with E-state index >= 15 is 0 Å². The zero-order chi connectivity index (χ0) is 17.9. The number of hydrogen-bond acceptors (Lipinski definition) is 4. The Morgan fingerprint density at radius 1 is 1.12 bits per heavy atom. The van der Waals surface area contributed by atoms with E-state index in [0.717, 1.165) is 20.9 Å². The van der Waals surface area contributed by atoms with E-state index in [-0.39, 0.29) is 5.91 Å². The number of carbonyl (C=O) groups excluding carboxylic acids is 2. The van der Waals surface area contributed by atoms with Gasteiger partial charge < -0.3 is 4.74 Å². The number of hydrazine groups is 1. The van der Waals surface area contributed by atoms with Crippen LogP contribution in [0.25, 0.3) is 0 Å². The van der Waals surface area contributed by atoms with Gasteiger partial charge in [0, 0.05) is 9.75 Å². The molecule has 0 saturated carbocycles. The fourth-order valence-electron chi connectivity index (χ4n) is 2.24. The average Bonchev–Trinajstić information content (AvgIpc) is 2.87. The quantitative estimate of drug-likeness (QED) is 0.836. The number of nitrogens with one attached hydrogen (secondary N) is 2. The van der Waals surface area contributed by atoms with Crippen LogP contribution in [0.3, 0.4) is 0 Å². The third-order valence-corrected chi connectivity index (χ3v) is 4.78. The van der Waals surface area contributed by atoms with Crippen LogP contribution in [-0.4, -0.2) is 17.9 Å². The van der Waals surface area contributed by atoms with E-state index in [2.05, 4.69) is 10.9 Å². The number of rotatable bonds is 4. The van der Waals surface area contributed by atoms with Crippen molar-refractivity contribution in [1.29, 1.82) is 0 Å². The second kappa shape index (κ2) is 7.49. The topological polar surface area (TPSA) is 67.4 Å². The SMILES string of the molecule is Cc1cc(C(=O)NNC(=O)C(C)Oc2cccc(C)c2C)c(C)s1. The molecule has 0 saturated heterocycles. The van der Waals surface area contributed by atoms with Crippen LogP contribution in [0.15, 0.2) is 24.3 Å². The molecule has 0 bridgehead atoms. The first-order valence-corrected chi connectivity index (χ1v) is 8.51. The van der Waals surface area contributed by atoms with Crippen LogP contribution in [0.4, 0.5) is 0 Å². The van der Waals surface area contributed by atoms with E-state index in [0.29, 0.717) is 11.3 Å². The maximum atomic E-state index is 12.1. The van der Waals surface area contributed by atoms with Crippen LogP contribution in [-0.2, 0) is 4.79 Å². The van der Waals surface area contributed by atoms with Crippen LogP contribution >= 0.6 is 11.3 Å². The lowest BCUT2D eigenvalue weighted by Crippen LogP contribution is -2.47. The van der Waals surface area contributed by atoms with Gasteiger partial charge in [0.05, 0.1) is 5.56 Å². The van der Waals surface area contributed by atoms with Crippen molar-refractivity contribution in [3.8, 4) is 5.75 Å². The Morgan fingerprint density at radius 3 is 2.46 bits per heavy atom. The molecule has 1 atom stereocenters. The molecule has 5 nitrogen and oxygen atoms in total. The highest BCUT2D eigenvalue weighted by atomic mass is 32.1.